The van der Waals surface area contributed by atoms with Crippen LogP contribution in [0.1, 0.15) is 54.9 Å². The molecule has 122 valence electrons. The number of hydrogen-bond acceptors (Lipinski definition) is 4. The van der Waals surface area contributed by atoms with E-state index in [1.54, 1.807) is 0 Å². The Morgan fingerprint density at radius 3 is 2.73 bits per heavy atom. The molecular formula is C17H26N2O3. The fraction of sp³-hybridized carbons (Fsp3) is 0.765. The summed E-state index contributed by atoms with van der Waals surface area (Å²) in [5.74, 6) is 0.402. The molecule has 0 bridgehead atoms. The van der Waals surface area contributed by atoms with Gasteiger partial charge < -0.3 is 9.84 Å². The summed E-state index contributed by atoms with van der Waals surface area (Å²) in [5, 5.41) is 14.0. The third kappa shape index (κ3) is 2.72. The Labute approximate surface area is 131 Å². The van der Waals surface area contributed by atoms with E-state index in [-0.39, 0.29) is 23.7 Å². The first kappa shape index (κ1) is 15.7. The van der Waals surface area contributed by atoms with Crippen LogP contribution in [-0.2, 0) is 24.1 Å². The molecule has 1 N–H and O–H groups in total. The van der Waals surface area contributed by atoms with Gasteiger partial charge in [-0.05, 0) is 37.0 Å². The SMILES string of the molecule is CCc1nn(CC(C)CO)c2c1C(=O)CC1(CCOCC1)C2. The molecule has 3 rings (SSSR count). The van der Waals surface area contributed by atoms with Crippen LogP contribution in [0.15, 0.2) is 0 Å². The molecule has 1 atom stereocenters. The number of ether oxygens (including phenoxy) is 1. The van der Waals surface area contributed by atoms with E-state index in [4.69, 9.17) is 4.74 Å². The average molecular weight is 306 g/mol. The summed E-state index contributed by atoms with van der Waals surface area (Å²) in [6, 6.07) is 0. The number of aliphatic hydroxyl groups excluding tert-OH is 1. The predicted octanol–water partition coefficient (Wildman–Crippen LogP) is 2.00. The minimum absolute atomic E-state index is 0.0631. The number of aryl methyl sites for hydroxylation is 1. The van der Waals surface area contributed by atoms with Gasteiger partial charge in [0.15, 0.2) is 5.78 Å². The van der Waals surface area contributed by atoms with Gasteiger partial charge in [-0.1, -0.05) is 13.8 Å². The van der Waals surface area contributed by atoms with E-state index < -0.39 is 0 Å². The zero-order valence-electron chi connectivity index (χ0n) is 13.6. The normalized spacial score (nSPS) is 21.9. The van der Waals surface area contributed by atoms with Crippen molar-refractivity contribution < 1.29 is 14.6 Å². The molecule has 1 aromatic heterocycles. The summed E-state index contributed by atoms with van der Waals surface area (Å²) in [5.41, 5.74) is 2.94. The molecule has 1 unspecified atom stereocenters. The van der Waals surface area contributed by atoms with E-state index >= 15 is 0 Å². The van der Waals surface area contributed by atoms with Crippen molar-refractivity contribution in [1.29, 1.82) is 0 Å². The molecule has 1 aliphatic heterocycles. The number of fused-ring (bicyclic) bond motifs is 1. The Hall–Kier alpha value is -1.20. The molecule has 5 nitrogen and oxygen atoms in total. The van der Waals surface area contributed by atoms with E-state index in [1.807, 2.05) is 11.6 Å². The highest BCUT2D eigenvalue weighted by atomic mass is 16.5. The molecule has 1 saturated heterocycles. The summed E-state index contributed by atoms with van der Waals surface area (Å²) in [6.07, 6.45) is 4.26. The Balaban J connectivity index is 1.97. The van der Waals surface area contributed by atoms with Crippen LogP contribution < -0.4 is 0 Å². The first-order valence-corrected chi connectivity index (χ1v) is 8.39. The minimum atomic E-state index is 0.0631. The summed E-state index contributed by atoms with van der Waals surface area (Å²) < 4.78 is 7.48. The maximum absolute atomic E-state index is 12.8. The molecule has 0 aromatic carbocycles. The van der Waals surface area contributed by atoms with Gasteiger partial charge in [0, 0.05) is 32.8 Å². The molecule has 1 aliphatic carbocycles. The molecule has 1 fully saturated rings. The molecule has 5 heteroatoms. The monoisotopic (exact) mass is 306 g/mol. The van der Waals surface area contributed by atoms with Crippen molar-refractivity contribution in [3.05, 3.63) is 17.0 Å². The van der Waals surface area contributed by atoms with Gasteiger partial charge in [-0.25, -0.2) is 0 Å². The molecule has 1 aromatic rings. The lowest BCUT2D eigenvalue weighted by molar-refractivity contribution is 0.00817. The molecular weight excluding hydrogens is 280 g/mol. The quantitative estimate of drug-likeness (QED) is 0.924. The van der Waals surface area contributed by atoms with E-state index in [9.17, 15) is 9.90 Å². The zero-order valence-corrected chi connectivity index (χ0v) is 13.6. The highest BCUT2D eigenvalue weighted by Crippen LogP contribution is 2.43. The zero-order chi connectivity index (χ0) is 15.7. The van der Waals surface area contributed by atoms with Gasteiger partial charge in [0.05, 0.1) is 17.0 Å². The van der Waals surface area contributed by atoms with E-state index in [2.05, 4.69) is 12.0 Å². The fourth-order valence-electron chi connectivity index (χ4n) is 3.81. The van der Waals surface area contributed by atoms with E-state index in [1.165, 1.54) is 0 Å². The van der Waals surface area contributed by atoms with Gasteiger partial charge in [0.2, 0.25) is 0 Å². The van der Waals surface area contributed by atoms with Crippen molar-refractivity contribution in [3.8, 4) is 0 Å². The Morgan fingerprint density at radius 1 is 1.36 bits per heavy atom. The van der Waals surface area contributed by atoms with Crippen LogP contribution in [0.3, 0.4) is 0 Å². The Bertz CT molecular complexity index is 558. The van der Waals surface area contributed by atoms with Crippen molar-refractivity contribution in [2.24, 2.45) is 11.3 Å². The summed E-state index contributed by atoms with van der Waals surface area (Å²) in [4.78, 5) is 12.8. The van der Waals surface area contributed by atoms with Gasteiger partial charge in [-0.15, -0.1) is 0 Å². The summed E-state index contributed by atoms with van der Waals surface area (Å²) in [7, 11) is 0. The number of Topliss-reactive ketones (excluding diaryl/α,β-unsaturated/α-hetero) is 1. The minimum Gasteiger partial charge on any atom is -0.396 e. The molecule has 0 amide bonds. The van der Waals surface area contributed by atoms with Crippen LogP contribution in [0.2, 0.25) is 0 Å². The van der Waals surface area contributed by atoms with Crippen LogP contribution in [0, 0.1) is 11.3 Å². The van der Waals surface area contributed by atoms with Crippen molar-refractivity contribution in [2.45, 2.75) is 52.5 Å². The van der Waals surface area contributed by atoms with Gasteiger partial charge in [0.25, 0.3) is 0 Å². The van der Waals surface area contributed by atoms with Crippen LogP contribution in [0.25, 0.3) is 0 Å². The number of nitrogens with zero attached hydrogens (tertiary/aromatic N) is 2. The second-order valence-corrected chi connectivity index (χ2v) is 6.98. The topological polar surface area (TPSA) is 64.3 Å². The second kappa shape index (κ2) is 6.13. The number of aliphatic hydroxyl groups is 1. The Kier molecular flexibility index (Phi) is 4.37. The lowest BCUT2D eigenvalue weighted by atomic mass is 9.68. The van der Waals surface area contributed by atoms with Gasteiger partial charge >= 0.3 is 0 Å². The first-order valence-electron chi connectivity index (χ1n) is 8.39. The van der Waals surface area contributed by atoms with E-state index in [0.29, 0.717) is 13.0 Å². The van der Waals surface area contributed by atoms with Crippen molar-refractivity contribution in [3.63, 3.8) is 0 Å². The van der Waals surface area contributed by atoms with Gasteiger partial charge in [-0.3, -0.25) is 9.48 Å². The summed E-state index contributed by atoms with van der Waals surface area (Å²) in [6.45, 7) is 6.39. The average Bonchev–Trinajstić information content (AvgIpc) is 2.85. The summed E-state index contributed by atoms with van der Waals surface area (Å²) >= 11 is 0. The van der Waals surface area contributed by atoms with Gasteiger partial charge in [0.1, 0.15) is 0 Å². The maximum atomic E-state index is 12.8. The molecule has 2 heterocycles. The first-order chi connectivity index (χ1) is 10.6. The van der Waals surface area contributed by atoms with E-state index in [0.717, 1.165) is 55.8 Å². The largest absolute Gasteiger partial charge is 0.396 e. The lowest BCUT2D eigenvalue weighted by Gasteiger charge is -2.39. The highest BCUT2D eigenvalue weighted by Gasteiger charge is 2.42. The smallest absolute Gasteiger partial charge is 0.167 e. The Morgan fingerprint density at radius 2 is 2.09 bits per heavy atom. The van der Waals surface area contributed by atoms with Crippen LogP contribution in [0.5, 0.6) is 0 Å². The third-order valence-electron chi connectivity index (χ3n) is 5.17. The third-order valence-corrected chi connectivity index (χ3v) is 5.17. The highest BCUT2D eigenvalue weighted by molar-refractivity contribution is 5.99. The van der Waals surface area contributed by atoms with Crippen molar-refractivity contribution in [1.82, 2.24) is 9.78 Å². The van der Waals surface area contributed by atoms with Gasteiger partial charge in [-0.2, -0.15) is 5.10 Å². The molecule has 22 heavy (non-hydrogen) atoms. The standard InChI is InChI=1S/C17H26N2O3/c1-3-13-16-14(19(18-13)10-12(2)11-20)8-17(9-15(16)21)4-6-22-7-5-17/h12,20H,3-11H2,1-2H3. The lowest BCUT2D eigenvalue weighted by Crippen LogP contribution is -2.38. The van der Waals surface area contributed by atoms with Crippen molar-refractivity contribution in [2.75, 3.05) is 19.8 Å². The van der Waals surface area contributed by atoms with Crippen LogP contribution in [-0.4, -0.2) is 40.5 Å². The molecule has 1 spiro atoms. The maximum Gasteiger partial charge on any atom is 0.167 e. The van der Waals surface area contributed by atoms with Crippen molar-refractivity contribution >= 4 is 5.78 Å². The number of hydrogen-bond donors (Lipinski definition) is 1. The number of aromatic nitrogens is 2. The molecule has 2 aliphatic rings. The second-order valence-electron chi connectivity index (χ2n) is 6.98. The number of ketones is 1. The fourth-order valence-corrected chi connectivity index (χ4v) is 3.81. The molecule has 0 saturated carbocycles. The number of carbonyl (C=O) groups excluding carboxylic acids is 1. The van der Waals surface area contributed by atoms with Crippen LogP contribution >= 0.6 is 0 Å². The predicted molar refractivity (Wildman–Crippen MR) is 83.0 cm³/mol. The van der Waals surface area contributed by atoms with Crippen LogP contribution in [0.4, 0.5) is 0 Å². The number of rotatable bonds is 4. The number of carbonyl (C=O) groups is 1. The molecule has 0 radical (unpaired) electrons.